The number of amides is 1. The van der Waals surface area contributed by atoms with Gasteiger partial charge in [0.15, 0.2) is 0 Å². The number of hydrogen-bond donors (Lipinski definition) is 2. The predicted octanol–water partition coefficient (Wildman–Crippen LogP) is 1.74. The topological polar surface area (TPSA) is 91.7 Å². The molecule has 1 saturated heterocycles. The second-order valence-electron chi connectivity index (χ2n) is 5.60. The van der Waals surface area contributed by atoms with E-state index in [9.17, 15) is 13.2 Å². The first-order chi connectivity index (χ1) is 12.0. The Hall–Kier alpha value is -2.42. The molecule has 132 valence electrons. The van der Waals surface area contributed by atoms with Crippen LogP contribution in [-0.4, -0.2) is 38.3 Å². The van der Waals surface area contributed by atoms with Crippen molar-refractivity contribution >= 4 is 21.6 Å². The van der Waals surface area contributed by atoms with Crippen LogP contribution in [0.5, 0.6) is 0 Å². The van der Waals surface area contributed by atoms with Crippen molar-refractivity contribution in [2.24, 2.45) is 0 Å². The Kier molecular flexibility index (Phi) is 5.03. The Bertz CT molecular complexity index is 845. The Labute approximate surface area is 146 Å². The number of sulfonamides is 1. The van der Waals surface area contributed by atoms with E-state index in [0.29, 0.717) is 31.1 Å². The normalized spacial score (nSPS) is 18.6. The lowest BCUT2D eigenvalue weighted by Gasteiger charge is -2.31. The van der Waals surface area contributed by atoms with E-state index >= 15 is 0 Å². The number of benzene rings is 1. The molecule has 1 amide bonds. The minimum absolute atomic E-state index is 0.176. The largest absolute Gasteiger partial charge is 0.468 e. The van der Waals surface area contributed by atoms with Gasteiger partial charge in [0, 0.05) is 25.3 Å². The lowest BCUT2D eigenvalue weighted by Crippen LogP contribution is -2.48. The van der Waals surface area contributed by atoms with Crippen LogP contribution in [0.15, 0.2) is 64.6 Å². The van der Waals surface area contributed by atoms with E-state index in [2.05, 4.69) is 17.2 Å². The molecule has 0 bridgehead atoms. The van der Waals surface area contributed by atoms with Gasteiger partial charge in [-0.3, -0.25) is 4.79 Å². The van der Waals surface area contributed by atoms with Gasteiger partial charge in [0.25, 0.3) is 0 Å². The Morgan fingerprint density at radius 1 is 1.32 bits per heavy atom. The third kappa shape index (κ3) is 3.81. The van der Waals surface area contributed by atoms with Crippen LogP contribution in [0.4, 0.5) is 5.69 Å². The third-order valence-electron chi connectivity index (χ3n) is 3.97. The molecule has 1 aliphatic rings. The van der Waals surface area contributed by atoms with E-state index in [4.69, 9.17) is 4.42 Å². The number of nitrogens with zero attached hydrogens (tertiary/aromatic N) is 1. The highest BCUT2D eigenvalue weighted by atomic mass is 32.2. The van der Waals surface area contributed by atoms with Gasteiger partial charge in [-0.2, -0.15) is 4.31 Å². The van der Waals surface area contributed by atoms with E-state index in [1.165, 1.54) is 16.4 Å². The summed E-state index contributed by atoms with van der Waals surface area (Å²) in [6.07, 6.45) is 2.72. The molecule has 1 unspecified atom stereocenters. The van der Waals surface area contributed by atoms with Gasteiger partial charge in [-0.1, -0.05) is 6.58 Å². The van der Waals surface area contributed by atoms with Crippen LogP contribution >= 0.6 is 0 Å². The van der Waals surface area contributed by atoms with E-state index in [1.54, 1.807) is 24.5 Å². The first-order valence-electron chi connectivity index (χ1n) is 7.81. The van der Waals surface area contributed by atoms with Crippen LogP contribution in [0.25, 0.3) is 0 Å². The maximum Gasteiger partial charge on any atom is 0.247 e. The lowest BCUT2D eigenvalue weighted by molar-refractivity contribution is -0.111. The lowest BCUT2D eigenvalue weighted by atomic mass is 10.2. The molecule has 25 heavy (non-hydrogen) atoms. The fraction of sp³-hybridized carbons (Fsp3) is 0.235. The summed E-state index contributed by atoms with van der Waals surface area (Å²) in [5.41, 5.74) is 0.512. The number of carbonyl (C=O) groups is 1. The number of rotatable bonds is 5. The van der Waals surface area contributed by atoms with E-state index in [0.717, 1.165) is 6.08 Å². The maximum atomic E-state index is 12.9. The van der Waals surface area contributed by atoms with Gasteiger partial charge in [-0.15, -0.1) is 0 Å². The van der Waals surface area contributed by atoms with Crippen LogP contribution in [-0.2, 0) is 14.8 Å². The van der Waals surface area contributed by atoms with Crippen molar-refractivity contribution in [3.05, 3.63) is 61.1 Å². The zero-order valence-corrected chi connectivity index (χ0v) is 14.3. The number of piperazine rings is 1. The summed E-state index contributed by atoms with van der Waals surface area (Å²) in [6.45, 7) is 4.59. The summed E-state index contributed by atoms with van der Waals surface area (Å²) < 4.78 is 32.5. The molecule has 1 atom stereocenters. The minimum atomic E-state index is -3.62. The zero-order chi connectivity index (χ0) is 17.9. The summed E-state index contributed by atoms with van der Waals surface area (Å²) in [5.74, 6) is 0.362. The van der Waals surface area contributed by atoms with Crippen molar-refractivity contribution in [3.63, 3.8) is 0 Å². The summed E-state index contributed by atoms with van der Waals surface area (Å²) in [7, 11) is -3.62. The Morgan fingerprint density at radius 2 is 2.08 bits per heavy atom. The van der Waals surface area contributed by atoms with Crippen molar-refractivity contribution in [2.75, 3.05) is 25.0 Å². The number of anilines is 1. The fourth-order valence-electron chi connectivity index (χ4n) is 2.67. The monoisotopic (exact) mass is 361 g/mol. The van der Waals surface area contributed by atoms with Gasteiger partial charge in [0.05, 0.1) is 17.2 Å². The molecule has 8 heteroatoms. The molecule has 1 aromatic heterocycles. The summed E-state index contributed by atoms with van der Waals surface area (Å²) in [4.78, 5) is 11.5. The number of hydrogen-bond acceptors (Lipinski definition) is 5. The molecule has 0 radical (unpaired) electrons. The molecule has 1 aromatic carbocycles. The molecule has 1 fully saturated rings. The second kappa shape index (κ2) is 7.22. The highest BCUT2D eigenvalue weighted by Crippen LogP contribution is 2.24. The standard InChI is InChI=1S/C17H19N3O4S/c1-2-17(21)19-13-5-7-14(8-6-13)25(22,23)20-10-9-18-15(12-20)16-4-3-11-24-16/h2-8,11,15,18H,1,9-10,12H2,(H,19,21). The first kappa shape index (κ1) is 17.4. The van der Waals surface area contributed by atoms with Crippen molar-refractivity contribution in [1.29, 1.82) is 0 Å². The van der Waals surface area contributed by atoms with Gasteiger partial charge in [0.2, 0.25) is 15.9 Å². The van der Waals surface area contributed by atoms with Gasteiger partial charge >= 0.3 is 0 Å². The quantitative estimate of drug-likeness (QED) is 0.792. The summed E-state index contributed by atoms with van der Waals surface area (Å²) in [6, 6.07) is 9.51. The number of furan rings is 1. The van der Waals surface area contributed by atoms with Gasteiger partial charge in [0.1, 0.15) is 5.76 Å². The maximum absolute atomic E-state index is 12.9. The second-order valence-corrected chi connectivity index (χ2v) is 7.54. The van der Waals surface area contributed by atoms with Crippen molar-refractivity contribution < 1.29 is 17.6 Å². The smallest absolute Gasteiger partial charge is 0.247 e. The highest BCUT2D eigenvalue weighted by molar-refractivity contribution is 7.89. The fourth-order valence-corrected chi connectivity index (χ4v) is 4.13. The Morgan fingerprint density at radius 3 is 2.72 bits per heavy atom. The first-order valence-corrected chi connectivity index (χ1v) is 9.25. The molecular formula is C17H19N3O4S. The number of carbonyl (C=O) groups excluding carboxylic acids is 1. The molecule has 7 nitrogen and oxygen atoms in total. The van der Waals surface area contributed by atoms with Crippen LogP contribution in [0.3, 0.4) is 0 Å². The van der Waals surface area contributed by atoms with E-state index in [1.807, 2.05) is 6.07 Å². The Balaban J connectivity index is 1.76. The summed E-state index contributed by atoms with van der Waals surface area (Å²) in [5, 5.41) is 5.84. The summed E-state index contributed by atoms with van der Waals surface area (Å²) >= 11 is 0. The highest BCUT2D eigenvalue weighted by Gasteiger charge is 2.31. The molecule has 1 aliphatic heterocycles. The molecule has 2 heterocycles. The molecule has 0 spiro atoms. The molecule has 2 aromatic rings. The van der Waals surface area contributed by atoms with Crippen LogP contribution < -0.4 is 10.6 Å². The van der Waals surface area contributed by atoms with E-state index in [-0.39, 0.29) is 16.8 Å². The average Bonchev–Trinajstić information content (AvgIpc) is 3.17. The van der Waals surface area contributed by atoms with Crippen LogP contribution in [0.1, 0.15) is 11.8 Å². The van der Waals surface area contributed by atoms with Crippen LogP contribution in [0.2, 0.25) is 0 Å². The van der Waals surface area contributed by atoms with Crippen LogP contribution in [0, 0.1) is 0 Å². The predicted molar refractivity (Wildman–Crippen MR) is 93.5 cm³/mol. The van der Waals surface area contributed by atoms with Gasteiger partial charge in [-0.05, 0) is 42.5 Å². The van der Waals surface area contributed by atoms with Gasteiger partial charge < -0.3 is 15.1 Å². The minimum Gasteiger partial charge on any atom is -0.468 e. The molecular weight excluding hydrogens is 342 g/mol. The molecule has 3 rings (SSSR count). The molecule has 0 saturated carbocycles. The third-order valence-corrected chi connectivity index (χ3v) is 5.85. The molecule has 0 aliphatic carbocycles. The average molecular weight is 361 g/mol. The van der Waals surface area contributed by atoms with Gasteiger partial charge in [-0.25, -0.2) is 8.42 Å². The van der Waals surface area contributed by atoms with Crippen molar-refractivity contribution in [2.45, 2.75) is 10.9 Å². The SMILES string of the molecule is C=CC(=O)Nc1ccc(S(=O)(=O)N2CCNC(c3ccco3)C2)cc1. The molecule has 2 N–H and O–H groups in total. The van der Waals surface area contributed by atoms with Crippen molar-refractivity contribution in [3.8, 4) is 0 Å². The van der Waals surface area contributed by atoms with E-state index < -0.39 is 10.0 Å². The zero-order valence-electron chi connectivity index (χ0n) is 13.5. The number of nitrogens with one attached hydrogen (secondary N) is 2. The van der Waals surface area contributed by atoms with Crippen molar-refractivity contribution in [1.82, 2.24) is 9.62 Å².